The lowest BCUT2D eigenvalue weighted by Crippen LogP contribution is -2.10. The Balaban J connectivity index is 1.53. The van der Waals surface area contributed by atoms with Crippen molar-refractivity contribution in [1.82, 2.24) is 5.16 Å². The molecule has 1 aromatic heterocycles. The van der Waals surface area contributed by atoms with Crippen LogP contribution in [0.4, 0.5) is 0 Å². The largest absolute Gasteiger partial charge is 0.489 e. The van der Waals surface area contributed by atoms with E-state index in [9.17, 15) is 18.3 Å². The van der Waals surface area contributed by atoms with Crippen LogP contribution in [-0.4, -0.2) is 24.7 Å². The fourth-order valence-electron chi connectivity index (χ4n) is 3.96. The lowest BCUT2D eigenvalue weighted by atomic mass is 10.1. The minimum atomic E-state index is -3.94. The number of sulfone groups is 1. The van der Waals surface area contributed by atoms with Crippen molar-refractivity contribution >= 4 is 62.8 Å². The zero-order chi connectivity index (χ0) is 29.0. The molecular formula is C29H24Cl3NO6S. The predicted molar refractivity (Wildman–Crippen MR) is 156 cm³/mol. The molecule has 0 aliphatic carbocycles. The standard InChI is InChI=1S/C29H24Cl3NO6S/c1-17(2)27-22(26(33-39-27)16-40(36,37)28-23(30)7-4-8-24(28)31)15-38-21-12-11-19(25(32)14-21)10-9-18-5-3-6-20(13-18)29(34)35/h3-14,17H,15-16H2,1-2H3,(H,34,35)/b10-9+. The average Bonchev–Trinajstić information content (AvgIpc) is 3.28. The number of ether oxygens (including phenoxy) is 1. The molecule has 0 spiro atoms. The molecule has 1 N–H and O–H groups in total. The molecular weight excluding hydrogens is 597 g/mol. The van der Waals surface area contributed by atoms with Gasteiger partial charge in [0.15, 0.2) is 9.84 Å². The number of nitrogens with zero attached hydrogens (tertiary/aromatic N) is 1. The van der Waals surface area contributed by atoms with Crippen LogP contribution in [0.15, 0.2) is 70.1 Å². The van der Waals surface area contributed by atoms with Crippen LogP contribution in [0.2, 0.25) is 15.1 Å². The lowest BCUT2D eigenvalue weighted by Gasteiger charge is -2.11. The van der Waals surface area contributed by atoms with E-state index >= 15 is 0 Å². The van der Waals surface area contributed by atoms with Crippen molar-refractivity contribution in [1.29, 1.82) is 0 Å². The summed E-state index contributed by atoms with van der Waals surface area (Å²) in [6, 6.07) is 16.1. The first-order chi connectivity index (χ1) is 19.0. The first-order valence-corrected chi connectivity index (χ1v) is 14.8. The number of aromatic carboxylic acids is 1. The van der Waals surface area contributed by atoms with E-state index in [0.29, 0.717) is 33.2 Å². The number of carboxylic acids is 1. The van der Waals surface area contributed by atoms with Crippen molar-refractivity contribution in [3.63, 3.8) is 0 Å². The summed E-state index contributed by atoms with van der Waals surface area (Å²) in [6.07, 6.45) is 3.53. The molecule has 7 nitrogen and oxygen atoms in total. The fraction of sp³-hybridized carbons (Fsp3) is 0.172. The zero-order valence-corrected chi connectivity index (χ0v) is 24.5. The highest BCUT2D eigenvalue weighted by Crippen LogP contribution is 2.34. The number of hydrogen-bond donors (Lipinski definition) is 1. The van der Waals surface area contributed by atoms with Gasteiger partial charge in [-0.05, 0) is 53.6 Å². The summed E-state index contributed by atoms with van der Waals surface area (Å²) in [4.78, 5) is 11.0. The van der Waals surface area contributed by atoms with E-state index in [0.717, 1.165) is 0 Å². The van der Waals surface area contributed by atoms with Crippen LogP contribution in [0.3, 0.4) is 0 Å². The van der Waals surface area contributed by atoms with Crippen LogP contribution in [0, 0.1) is 0 Å². The first-order valence-electron chi connectivity index (χ1n) is 12.0. The van der Waals surface area contributed by atoms with Gasteiger partial charge in [0.2, 0.25) is 0 Å². The number of halogens is 3. The summed E-state index contributed by atoms with van der Waals surface area (Å²) in [5, 5.41) is 13.7. The molecule has 0 saturated carbocycles. The third-order valence-electron chi connectivity index (χ3n) is 5.93. The first kappa shape index (κ1) is 29.7. The van der Waals surface area contributed by atoms with Crippen molar-refractivity contribution in [2.24, 2.45) is 0 Å². The number of carboxylic acid groups (broad SMARTS) is 1. The second-order valence-corrected chi connectivity index (χ2v) is 12.3. The van der Waals surface area contributed by atoms with Gasteiger partial charge in [0, 0.05) is 5.92 Å². The maximum atomic E-state index is 13.2. The number of benzene rings is 3. The van der Waals surface area contributed by atoms with E-state index in [1.165, 1.54) is 18.2 Å². The molecule has 0 amide bonds. The molecule has 0 saturated heterocycles. The Kier molecular flexibility index (Phi) is 9.26. The molecule has 3 aromatic carbocycles. The molecule has 0 radical (unpaired) electrons. The second kappa shape index (κ2) is 12.5. The van der Waals surface area contributed by atoms with Crippen molar-refractivity contribution in [3.05, 3.63) is 109 Å². The maximum Gasteiger partial charge on any atom is 0.335 e. The Morgan fingerprint density at radius 2 is 1.70 bits per heavy atom. The van der Waals surface area contributed by atoms with Gasteiger partial charge in [-0.15, -0.1) is 0 Å². The normalized spacial score (nSPS) is 11.8. The van der Waals surface area contributed by atoms with Gasteiger partial charge in [0.05, 0.1) is 26.2 Å². The van der Waals surface area contributed by atoms with Crippen LogP contribution >= 0.6 is 34.8 Å². The smallest absolute Gasteiger partial charge is 0.335 e. The van der Waals surface area contributed by atoms with E-state index in [2.05, 4.69) is 5.16 Å². The number of carbonyl (C=O) groups is 1. The quantitative estimate of drug-likeness (QED) is 0.178. The van der Waals surface area contributed by atoms with Gasteiger partial charge in [0.25, 0.3) is 0 Å². The van der Waals surface area contributed by atoms with E-state index in [-0.39, 0.29) is 38.7 Å². The van der Waals surface area contributed by atoms with Gasteiger partial charge in [-0.3, -0.25) is 0 Å². The van der Waals surface area contributed by atoms with Gasteiger partial charge in [-0.2, -0.15) is 0 Å². The summed E-state index contributed by atoms with van der Waals surface area (Å²) < 4.78 is 37.9. The average molecular weight is 621 g/mol. The van der Waals surface area contributed by atoms with Crippen LogP contribution in [0.1, 0.15) is 58.3 Å². The van der Waals surface area contributed by atoms with E-state index < -0.39 is 21.6 Å². The lowest BCUT2D eigenvalue weighted by molar-refractivity contribution is 0.0697. The van der Waals surface area contributed by atoms with Crippen LogP contribution in [-0.2, 0) is 22.2 Å². The van der Waals surface area contributed by atoms with Gasteiger partial charge in [-0.1, -0.05) is 84.2 Å². The molecule has 11 heteroatoms. The summed E-state index contributed by atoms with van der Waals surface area (Å²) in [5.41, 5.74) is 2.32. The van der Waals surface area contributed by atoms with E-state index in [1.807, 2.05) is 13.8 Å². The summed E-state index contributed by atoms with van der Waals surface area (Å²) in [5.74, 6) is -0.601. The Morgan fingerprint density at radius 1 is 1.00 bits per heavy atom. The highest BCUT2D eigenvalue weighted by Gasteiger charge is 2.28. The molecule has 0 atom stereocenters. The third kappa shape index (κ3) is 6.88. The van der Waals surface area contributed by atoms with Crippen molar-refractivity contribution < 1.29 is 27.6 Å². The molecule has 40 heavy (non-hydrogen) atoms. The molecule has 0 unspecified atom stereocenters. The molecule has 0 aliphatic heterocycles. The zero-order valence-electron chi connectivity index (χ0n) is 21.4. The molecule has 4 aromatic rings. The number of aromatic nitrogens is 1. The van der Waals surface area contributed by atoms with Crippen LogP contribution < -0.4 is 4.74 Å². The molecule has 4 rings (SSSR count). The van der Waals surface area contributed by atoms with Crippen molar-refractivity contribution in [2.45, 2.75) is 37.0 Å². The highest BCUT2D eigenvalue weighted by atomic mass is 35.5. The Labute approximate surface area is 246 Å². The summed E-state index contributed by atoms with van der Waals surface area (Å²) in [7, 11) is -3.94. The van der Waals surface area contributed by atoms with Crippen molar-refractivity contribution in [3.8, 4) is 5.75 Å². The Hall–Kier alpha value is -3.30. The maximum absolute atomic E-state index is 13.2. The van der Waals surface area contributed by atoms with Gasteiger partial charge in [-0.25, -0.2) is 13.2 Å². The minimum Gasteiger partial charge on any atom is -0.489 e. The second-order valence-electron chi connectivity index (χ2n) is 9.17. The Bertz CT molecular complexity index is 1680. The molecule has 0 bridgehead atoms. The van der Waals surface area contributed by atoms with Crippen molar-refractivity contribution in [2.75, 3.05) is 0 Å². The van der Waals surface area contributed by atoms with Crippen LogP contribution in [0.5, 0.6) is 5.75 Å². The Morgan fingerprint density at radius 3 is 2.35 bits per heavy atom. The number of rotatable bonds is 10. The number of hydrogen-bond acceptors (Lipinski definition) is 6. The topological polar surface area (TPSA) is 107 Å². The SMILES string of the molecule is CC(C)c1onc(CS(=O)(=O)c2c(Cl)cccc2Cl)c1COc1ccc(/C=C/c2cccc(C(=O)O)c2)c(Cl)c1. The molecule has 1 heterocycles. The molecule has 0 fully saturated rings. The summed E-state index contributed by atoms with van der Waals surface area (Å²) in [6.45, 7) is 3.79. The fourth-order valence-corrected chi connectivity index (χ4v) is 6.76. The molecule has 0 aliphatic rings. The predicted octanol–water partition coefficient (Wildman–Crippen LogP) is 8.18. The van der Waals surface area contributed by atoms with Crippen LogP contribution in [0.25, 0.3) is 12.2 Å². The monoisotopic (exact) mass is 619 g/mol. The third-order valence-corrected chi connectivity index (χ3v) is 8.82. The van der Waals surface area contributed by atoms with E-state index in [4.69, 9.17) is 44.1 Å². The van der Waals surface area contributed by atoms with Gasteiger partial charge in [0.1, 0.15) is 34.5 Å². The van der Waals surface area contributed by atoms with Gasteiger partial charge < -0.3 is 14.4 Å². The minimum absolute atomic E-state index is 0.00832. The molecule has 208 valence electrons. The van der Waals surface area contributed by atoms with E-state index in [1.54, 1.807) is 54.6 Å². The summed E-state index contributed by atoms with van der Waals surface area (Å²) >= 11 is 18.8. The van der Waals surface area contributed by atoms with Gasteiger partial charge >= 0.3 is 5.97 Å². The highest BCUT2D eigenvalue weighted by molar-refractivity contribution is 7.90.